The van der Waals surface area contributed by atoms with E-state index in [0.717, 1.165) is 22.5 Å². The zero-order chi connectivity index (χ0) is 20.1. The predicted molar refractivity (Wildman–Crippen MR) is 116 cm³/mol. The van der Waals surface area contributed by atoms with E-state index < -0.39 is 0 Å². The molecule has 0 saturated carbocycles. The van der Waals surface area contributed by atoms with Gasteiger partial charge in [-0.15, -0.1) is 0 Å². The summed E-state index contributed by atoms with van der Waals surface area (Å²) < 4.78 is 0. The van der Waals surface area contributed by atoms with E-state index in [1.807, 2.05) is 78.9 Å². The van der Waals surface area contributed by atoms with Crippen molar-refractivity contribution >= 4 is 23.2 Å². The van der Waals surface area contributed by atoms with Crippen LogP contribution in [0.2, 0.25) is 0 Å². The Labute approximate surface area is 168 Å². The summed E-state index contributed by atoms with van der Waals surface area (Å²) in [4.78, 5) is 16.2. The van der Waals surface area contributed by atoms with E-state index in [4.69, 9.17) is 0 Å². The number of H-pyrrole nitrogens is 1. The fourth-order valence-corrected chi connectivity index (χ4v) is 2.90. The third-order valence-corrected chi connectivity index (χ3v) is 4.28. The van der Waals surface area contributed by atoms with Crippen molar-refractivity contribution in [3.05, 3.63) is 91.5 Å². The van der Waals surface area contributed by atoms with Crippen LogP contribution in [0.1, 0.15) is 0 Å². The number of aromatic nitrogens is 3. The normalized spacial score (nSPS) is 10.3. The van der Waals surface area contributed by atoms with Gasteiger partial charge in [-0.3, -0.25) is 9.89 Å². The maximum atomic E-state index is 11.5. The first-order valence-electron chi connectivity index (χ1n) is 9.10. The molecule has 1 amide bonds. The summed E-state index contributed by atoms with van der Waals surface area (Å²) in [6.45, 7) is 3.47. The van der Waals surface area contributed by atoms with Crippen LogP contribution >= 0.6 is 0 Å². The molecule has 6 nitrogen and oxygen atoms in total. The molecule has 0 bridgehead atoms. The van der Waals surface area contributed by atoms with E-state index in [-0.39, 0.29) is 5.91 Å². The minimum atomic E-state index is -0.252. The minimum Gasteiger partial charge on any atom is -0.323 e. The van der Waals surface area contributed by atoms with Crippen LogP contribution in [0.3, 0.4) is 0 Å². The van der Waals surface area contributed by atoms with Gasteiger partial charge in [-0.2, -0.15) is 5.10 Å². The lowest BCUT2D eigenvalue weighted by atomic mass is 10.1. The molecule has 0 aliphatic rings. The van der Waals surface area contributed by atoms with E-state index in [1.54, 1.807) is 0 Å². The average Bonchev–Trinajstić information content (AvgIpc) is 3.23. The predicted octanol–water partition coefficient (Wildman–Crippen LogP) is 5.01. The quantitative estimate of drug-likeness (QED) is 0.410. The maximum absolute atomic E-state index is 11.5. The molecule has 0 aliphatic carbocycles. The first-order valence-corrected chi connectivity index (χ1v) is 9.10. The number of benzene rings is 2. The number of carbonyl (C=O) groups excluding carboxylic acids is 1. The Morgan fingerprint density at radius 1 is 0.897 bits per heavy atom. The molecule has 0 aliphatic heterocycles. The van der Waals surface area contributed by atoms with Crippen LogP contribution in [-0.4, -0.2) is 21.1 Å². The van der Waals surface area contributed by atoms with Gasteiger partial charge in [-0.05, 0) is 35.9 Å². The molecule has 142 valence electrons. The van der Waals surface area contributed by atoms with Gasteiger partial charge in [0, 0.05) is 17.3 Å². The molecular formula is C23H19N5O. The maximum Gasteiger partial charge on any atom is 0.247 e. The number of carbonyl (C=O) groups is 1. The SMILES string of the molecule is C=CC(=O)Nc1cccc(-c2cccc(Nc3cc(-c4ccccc4)[nH]n3)n2)c1. The van der Waals surface area contributed by atoms with Gasteiger partial charge in [0.15, 0.2) is 5.82 Å². The van der Waals surface area contributed by atoms with Crippen LogP contribution in [0.25, 0.3) is 22.5 Å². The molecule has 0 radical (unpaired) electrons. The number of hydrogen-bond acceptors (Lipinski definition) is 4. The summed E-state index contributed by atoms with van der Waals surface area (Å²) in [5, 5.41) is 13.3. The Kier molecular flexibility index (Phi) is 5.16. The Morgan fingerprint density at radius 2 is 1.69 bits per heavy atom. The van der Waals surface area contributed by atoms with E-state index in [1.165, 1.54) is 6.08 Å². The number of rotatable bonds is 6. The van der Waals surface area contributed by atoms with E-state index in [0.29, 0.717) is 17.3 Å². The lowest BCUT2D eigenvalue weighted by molar-refractivity contribution is -0.111. The monoisotopic (exact) mass is 381 g/mol. The van der Waals surface area contributed by atoms with Crippen LogP contribution in [0, 0.1) is 0 Å². The van der Waals surface area contributed by atoms with Gasteiger partial charge < -0.3 is 10.6 Å². The second kappa shape index (κ2) is 8.22. The largest absolute Gasteiger partial charge is 0.323 e. The third kappa shape index (κ3) is 4.39. The summed E-state index contributed by atoms with van der Waals surface area (Å²) in [7, 11) is 0. The zero-order valence-corrected chi connectivity index (χ0v) is 15.6. The van der Waals surface area contributed by atoms with Crippen molar-refractivity contribution in [2.45, 2.75) is 0 Å². The van der Waals surface area contributed by atoms with Crippen molar-refractivity contribution in [1.29, 1.82) is 0 Å². The second-order valence-corrected chi connectivity index (χ2v) is 6.34. The fraction of sp³-hybridized carbons (Fsp3) is 0. The van der Waals surface area contributed by atoms with Gasteiger partial charge in [0.25, 0.3) is 0 Å². The van der Waals surface area contributed by atoms with Crippen molar-refractivity contribution < 1.29 is 4.79 Å². The molecule has 0 unspecified atom stereocenters. The summed E-state index contributed by atoms with van der Waals surface area (Å²) >= 11 is 0. The highest BCUT2D eigenvalue weighted by Gasteiger charge is 2.07. The highest BCUT2D eigenvalue weighted by molar-refractivity contribution is 5.99. The van der Waals surface area contributed by atoms with Crippen LogP contribution < -0.4 is 10.6 Å². The zero-order valence-electron chi connectivity index (χ0n) is 15.6. The Bertz CT molecular complexity index is 1150. The molecule has 6 heteroatoms. The van der Waals surface area contributed by atoms with Crippen LogP contribution in [0.5, 0.6) is 0 Å². The van der Waals surface area contributed by atoms with Crippen LogP contribution in [-0.2, 0) is 4.79 Å². The first kappa shape index (κ1) is 18.2. The molecule has 2 aromatic carbocycles. The molecule has 0 spiro atoms. The van der Waals surface area contributed by atoms with Gasteiger partial charge in [-0.1, -0.05) is 55.1 Å². The van der Waals surface area contributed by atoms with E-state index in [9.17, 15) is 4.79 Å². The molecule has 4 aromatic rings. The van der Waals surface area contributed by atoms with Crippen molar-refractivity contribution in [2.75, 3.05) is 10.6 Å². The molecule has 2 heterocycles. The number of aromatic amines is 1. The minimum absolute atomic E-state index is 0.252. The Balaban J connectivity index is 1.54. The highest BCUT2D eigenvalue weighted by atomic mass is 16.1. The molecule has 0 saturated heterocycles. The first-order chi connectivity index (χ1) is 14.2. The molecule has 29 heavy (non-hydrogen) atoms. The van der Waals surface area contributed by atoms with Crippen molar-refractivity contribution in [1.82, 2.24) is 15.2 Å². The Hall–Kier alpha value is -4.19. The summed E-state index contributed by atoms with van der Waals surface area (Å²) in [6.07, 6.45) is 1.24. The lowest BCUT2D eigenvalue weighted by Gasteiger charge is -2.08. The molecule has 0 atom stereocenters. The van der Waals surface area contributed by atoms with Crippen molar-refractivity contribution in [3.8, 4) is 22.5 Å². The van der Waals surface area contributed by atoms with Crippen LogP contribution in [0.4, 0.5) is 17.3 Å². The van der Waals surface area contributed by atoms with Gasteiger partial charge >= 0.3 is 0 Å². The third-order valence-electron chi connectivity index (χ3n) is 4.28. The molecular weight excluding hydrogens is 362 g/mol. The second-order valence-electron chi connectivity index (χ2n) is 6.34. The number of anilines is 3. The number of hydrogen-bond donors (Lipinski definition) is 3. The molecule has 4 rings (SSSR count). The number of nitrogens with zero attached hydrogens (tertiary/aromatic N) is 2. The van der Waals surface area contributed by atoms with Crippen molar-refractivity contribution in [2.24, 2.45) is 0 Å². The van der Waals surface area contributed by atoms with Gasteiger partial charge in [0.2, 0.25) is 5.91 Å². The molecule has 3 N–H and O–H groups in total. The number of pyridine rings is 1. The summed E-state index contributed by atoms with van der Waals surface area (Å²) in [6, 6.07) is 25.2. The number of amides is 1. The molecule has 2 aromatic heterocycles. The Morgan fingerprint density at radius 3 is 2.52 bits per heavy atom. The standard InChI is InChI=1S/C23H19N5O/c1-2-23(29)24-18-11-6-10-17(14-18)19-12-7-13-21(25-19)26-22-15-20(27-28-22)16-8-4-3-5-9-16/h2-15H,1H2,(H,24,29)(H2,25,26,27,28). The fourth-order valence-electron chi connectivity index (χ4n) is 2.90. The topological polar surface area (TPSA) is 82.7 Å². The summed E-state index contributed by atoms with van der Waals surface area (Å²) in [5.41, 5.74) is 4.35. The van der Waals surface area contributed by atoms with Crippen LogP contribution in [0.15, 0.2) is 91.5 Å². The van der Waals surface area contributed by atoms with E-state index in [2.05, 4.69) is 32.4 Å². The molecule has 0 fully saturated rings. The van der Waals surface area contributed by atoms with Crippen molar-refractivity contribution in [3.63, 3.8) is 0 Å². The average molecular weight is 381 g/mol. The number of nitrogens with one attached hydrogen (secondary N) is 3. The lowest BCUT2D eigenvalue weighted by Crippen LogP contribution is -2.07. The van der Waals surface area contributed by atoms with Gasteiger partial charge in [0.05, 0.1) is 11.4 Å². The van der Waals surface area contributed by atoms with Gasteiger partial charge in [-0.25, -0.2) is 4.98 Å². The van der Waals surface area contributed by atoms with Gasteiger partial charge in [0.1, 0.15) is 5.82 Å². The smallest absolute Gasteiger partial charge is 0.247 e. The van der Waals surface area contributed by atoms with E-state index >= 15 is 0 Å². The highest BCUT2D eigenvalue weighted by Crippen LogP contribution is 2.25. The summed E-state index contributed by atoms with van der Waals surface area (Å²) in [5.74, 6) is 1.10.